The van der Waals surface area contributed by atoms with Crippen molar-refractivity contribution in [1.29, 1.82) is 0 Å². The Hall–Kier alpha value is 0.0569. The summed E-state index contributed by atoms with van der Waals surface area (Å²) in [7, 11) is -1.89. The van der Waals surface area contributed by atoms with Crippen LogP contribution in [0.25, 0.3) is 0 Å². The summed E-state index contributed by atoms with van der Waals surface area (Å²) in [5, 5.41) is 10.4. The maximum atomic E-state index is 10.3. The van der Waals surface area contributed by atoms with Crippen LogP contribution in [0.2, 0.25) is 18.1 Å². The molecule has 0 rings (SSSR count). The Morgan fingerprint density at radius 3 is 1.79 bits per heavy atom. The van der Waals surface area contributed by atoms with E-state index in [1.165, 1.54) is 0 Å². The summed E-state index contributed by atoms with van der Waals surface area (Å²) < 4.78 is 17.0. The van der Waals surface area contributed by atoms with Crippen molar-refractivity contribution < 1.29 is 19.0 Å². The number of aliphatic hydroxyl groups is 1. The summed E-state index contributed by atoms with van der Waals surface area (Å²) in [6.45, 7) is 17.6. The van der Waals surface area contributed by atoms with Crippen molar-refractivity contribution in [2.24, 2.45) is 0 Å². The third kappa shape index (κ3) is 5.91. The number of hydrogen-bond acceptors (Lipinski definition) is 4. The first-order valence-electron chi connectivity index (χ1n) is 7.16. The van der Waals surface area contributed by atoms with Gasteiger partial charge in [-0.3, -0.25) is 0 Å². The van der Waals surface area contributed by atoms with Crippen LogP contribution in [0.3, 0.4) is 0 Å². The highest BCUT2D eigenvalue weighted by Crippen LogP contribution is 2.37. The van der Waals surface area contributed by atoms with E-state index < -0.39 is 20.7 Å². The van der Waals surface area contributed by atoms with Crippen LogP contribution in [0.1, 0.15) is 41.5 Å². The van der Waals surface area contributed by atoms with Crippen molar-refractivity contribution in [2.45, 2.75) is 78.2 Å². The summed E-state index contributed by atoms with van der Waals surface area (Å²) in [5.74, 6) is 0. The van der Waals surface area contributed by atoms with Crippen molar-refractivity contribution in [3.8, 4) is 0 Å². The monoisotopic (exact) mass is 292 g/mol. The molecule has 0 saturated heterocycles. The first-order valence-corrected chi connectivity index (χ1v) is 10.1. The summed E-state index contributed by atoms with van der Waals surface area (Å²) >= 11 is 0. The van der Waals surface area contributed by atoms with Gasteiger partial charge in [-0.2, -0.15) is 0 Å². The molecule has 0 radical (unpaired) electrons. The fourth-order valence-electron chi connectivity index (χ4n) is 1.51. The minimum absolute atomic E-state index is 0.119. The third-order valence-corrected chi connectivity index (χ3v) is 8.28. The molecule has 2 atom stereocenters. The quantitative estimate of drug-likeness (QED) is 0.551. The molecule has 0 saturated carbocycles. The van der Waals surface area contributed by atoms with E-state index in [9.17, 15) is 5.11 Å². The highest BCUT2D eigenvalue weighted by Gasteiger charge is 2.40. The first-order chi connectivity index (χ1) is 8.56. The van der Waals surface area contributed by atoms with Gasteiger partial charge in [-0.25, -0.2) is 0 Å². The molecule has 19 heavy (non-hydrogen) atoms. The minimum atomic E-state index is -1.89. The van der Waals surface area contributed by atoms with Gasteiger partial charge in [0.1, 0.15) is 6.10 Å². The van der Waals surface area contributed by atoms with Gasteiger partial charge in [-0.15, -0.1) is 0 Å². The van der Waals surface area contributed by atoms with Gasteiger partial charge < -0.3 is 19.0 Å². The Kier molecular flexibility index (Phi) is 7.76. The summed E-state index contributed by atoms with van der Waals surface area (Å²) in [4.78, 5) is 0. The Labute approximate surface area is 119 Å². The van der Waals surface area contributed by atoms with E-state index in [1.807, 2.05) is 20.8 Å². The molecule has 116 valence electrons. The normalized spacial score (nSPS) is 16.7. The standard InChI is InChI=1S/C14H32O4Si/c1-9-16-13(17-10-2)12(15)11(3)18-19(7,8)14(4,5)6/h11-13,15H,9-10H2,1-8H3/t11-,12-/m1/s1. The average Bonchev–Trinajstić information content (AvgIpc) is 2.25. The lowest BCUT2D eigenvalue weighted by molar-refractivity contribution is -0.207. The molecular formula is C14H32O4Si. The van der Waals surface area contributed by atoms with Crippen LogP contribution in [-0.4, -0.2) is 45.1 Å². The van der Waals surface area contributed by atoms with Gasteiger partial charge in [-0.05, 0) is 38.9 Å². The van der Waals surface area contributed by atoms with Crippen LogP contribution in [0.5, 0.6) is 0 Å². The minimum Gasteiger partial charge on any atom is -0.411 e. The van der Waals surface area contributed by atoms with E-state index in [-0.39, 0.29) is 11.1 Å². The molecule has 0 aliphatic carbocycles. The highest BCUT2D eigenvalue weighted by atomic mass is 28.4. The predicted octanol–water partition coefficient (Wildman–Crippen LogP) is 3.16. The molecule has 0 amide bonds. The molecule has 5 heteroatoms. The Morgan fingerprint density at radius 1 is 1.05 bits per heavy atom. The van der Waals surface area contributed by atoms with Crippen molar-refractivity contribution in [3.05, 3.63) is 0 Å². The van der Waals surface area contributed by atoms with Crippen LogP contribution >= 0.6 is 0 Å². The molecule has 0 bridgehead atoms. The van der Waals surface area contributed by atoms with E-state index >= 15 is 0 Å². The molecule has 0 aromatic heterocycles. The molecule has 0 unspecified atom stereocenters. The molecule has 0 spiro atoms. The van der Waals surface area contributed by atoms with Crippen LogP contribution in [0.15, 0.2) is 0 Å². The SMILES string of the molecule is CCOC(OCC)[C@H](O)[C@@H](C)O[Si](C)(C)C(C)(C)C. The number of aliphatic hydroxyl groups excluding tert-OH is 1. The topological polar surface area (TPSA) is 47.9 Å². The highest BCUT2D eigenvalue weighted by molar-refractivity contribution is 6.74. The third-order valence-electron chi connectivity index (χ3n) is 3.71. The van der Waals surface area contributed by atoms with E-state index in [0.29, 0.717) is 13.2 Å². The molecule has 1 N–H and O–H groups in total. The van der Waals surface area contributed by atoms with Gasteiger partial charge in [0.2, 0.25) is 0 Å². The number of ether oxygens (including phenoxy) is 2. The van der Waals surface area contributed by atoms with Crippen LogP contribution < -0.4 is 0 Å². The van der Waals surface area contributed by atoms with Crippen molar-refractivity contribution in [1.82, 2.24) is 0 Å². The van der Waals surface area contributed by atoms with Crippen molar-refractivity contribution in [2.75, 3.05) is 13.2 Å². The zero-order chi connectivity index (χ0) is 15.3. The molecule has 4 nitrogen and oxygen atoms in total. The number of rotatable bonds is 8. The molecule has 0 fully saturated rings. The van der Waals surface area contributed by atoms with Crippen LogP contribution in [0.4, 0.5) is 0 Å². The van der Waals surface area contributed by atoms with Gasteiger partial charge in [0.15, 0.2) is 14.6 Å². The zero-order valence-electron chi connectivity index (χ0n) is 13.8. The fraction of sp³-hybridized carbons (Fsp3) is 1.00. The summed E-state index contributed by atoms with van der Waals surface area (Å²) in [5.41, 5.74) is 0. The lowest BCUT2D eigenvalue weighted by Gasteiger charge is -2.40. The molecule has 0 heterocycles. The molecule has 0 aliphatic rings. The lowest BCUT2D eigenvalue weighted by Crippen LogP contribution is -2.49. The first kappa shape index (κ1) is 19.1. The van der Waals surface area contributed by atoms with E-state index in [4.69, 9.17) is 13.9 Å². The maximum Gasteiger partial charge on any atom is 0.192 e. The van der Waals surface area contributed by atoms with Crippen LogP contribution in [-0.2, 0) is 13.9 Å². The zero-order valence-corrected chi connectivity index (χ0v) is 14.8. The largest absolute Gasteiger partial charge is 0.411 e. The number of hydrogen-bond donors (Lipinski definition) is 1. The molecule has 0 aromatic carbocycles. The smallest absolute Gasteiger partial charge is 0.192 e. The Bertz CT molecular complexity index is 244. The van der Waals surface area contributed by atoms with Gasteiger partial charge >= 0.3 is 0 Å². The van der Waals surface area contributed by atoms with Gasteiger partial charge in [0, 0.05) is 13.2 Å². The lowest BCUT2D eigenvalue weighted by atomic mass is 10.2. The van der Waals surface area contributed by atoms with E-state index in [2.05, 4.69) is 33.9 Å². The fourth-order valence-corrected chi connectivity index (χ4v) is 2.93. The van der Waals surface area contributed by atoms with Crippen molar-refractivity contribution >= 4 is 8.32 Å². The predicted molar refractivity (Wildman–Crippen MR) is 80.8 cm³/mol. The Morgan fingerprint density at radius 2 is 1.47 bits per heavy atom. The van der Waals surface area contributed by atoms with Gasteiger partial charge in [0.25, 0.3) is 0 Å². The van der Waals surface area contributed by atoms with Crippen molar-refractivity contribution in [3.63, 3.8) is 0 Å². The maximum absolute atomic E-state index is 10.3. The second-order valence-electron chi connectivity index (χ2n) is 6.35. The van der Waals surface area contributed by atoms with Crippen LogP contribution in [0, 0.1) is 0 Å². The van der Waals surface area contributed by atoms with Gasteiger partial charge in [-0.1, -0.05) is 20.8 Å². The summed E-state index contributed by atoms with van der Waals surface area (Å²) in [6.07, 6.45) is -1.69. The second-order valence-corrected chi connectivity index (χ2v) is 11.1. The molecule has 0 aliphatic heterocycles. The second kappa shape index (κ2) is 7.74. The average molecular weight is 292 g/mol. The van der Waals surface area contributed by atoms with E-state index in [0.717, 1.165) is 0 Å². The Balaban J connectivity index is 4.66. The summed E-state index contributed by atoms with van der Waals surface area (Å²) in [6, 6.07) is 0. The van der Waals surface area contributed by atoms with E-state index in [1.54, 1.807) is 0 Å². The van der Waals surface area contributed by atoms with Gasteiger partial charge in [0.05, 0.1) is 6.10 Å². The molecule has 0 aromatic rings. The molecular weight excluding hydrogens is 260 g/mol.